The minimum absolute atomic E-state index is 0.331. The summed E-state index contributed by atoms with van der Waals surface area (Å²) in [6.45, 7) is 2.43. The van der Waals surface area contributed by atoms with E-state index in [4.69, 9.17) is 0 Å². The minimum Gasteiger partial charge on any atom is -0.373 e. The van der Waals surface area contributed by atoms with Gasteiger partial charge in [0.05, 0.1) is 11.6 Å². The van der Waals surface area contributed by atoms with Crippen LogP contribution in [-0.2, 0) is 6.42 Å². The second kappa shape index (κ2) is 3.86. The number of nitrogens with zero attached hydrogens (tertiary/aromatic N) is 2. The molecule has 0 amide bonds. The van der Waals surface area contributed by atoms with Gasteiger partial charge < -0.3 is 9.67 Å². The molecular weight excluding hydrogens is 248 g/mol. The summed E-state index contributed by atoms with van der Waals surface area (Å²) in [5, 5.41) is 12.0. The first kappa shape index (κ1) is 11.4. The largest absolute Gasteiger partial charge is 0.373 e. The van der Waals surface area contributed by atoms with Crippen molar-refractivity contribution in [2.75, 3.05) is 13.1 Å². The Morgan fingerprint density at radius 2 is 2.05 bits per heavy atom. The molecule has 3 aliphatic rings. The average Bonchev–Trinajstić information content (AvgIpc) is 2.82. The van der Waals surface area contributed by atoms with Crippen LogP contribution in [0.25, 0.3) is 10.9 Å². The van der Waals surface area contributed by atoms with Crippen molar-refractivity contribution in [1.82, 2.24) is 9.47 Å². The lowest BCUT2D eigenvalue weighted by Gasteiger charge is -2.48. The van der Waals surface area contributed by atoms with Gasteiger partial charge >= 0.3 is 0 Å². The monoisotopic (exact) mass is 268 g/mol. The first-order chi connectivity index (χ1) is 9.84. The zero-order valence-corrected chi connectivity index (χ0v) is 11.6. The van der Waals surface area contributed by atoms with Crippen LogP contribution in [0, 0.1) is 5.92 Å². The van der Waals surface area contributed by atoms with Crippen molar-refractivity contribution < 1.29 is 5.11 Å². The maximum absolute atomic E-state index is 10.7. The molecule has 0 radical (unpaired) electrons. The maximum Gasteiger partial charge on any atom is 0.131 e. The van der Waals surface area contributed by atoms with Gasteiger partial charge in [-0.2, -0.15) is 0 Å². The highest BCUT2D eigenvalue weighted by Crippen LogP contribution is 2.50. The molecule has 1 N–H and O–H groups in total. The van der Waals surface area contributed by atoms with Gasteiger partial charge in [0.15, 0.2) is 0 Å². The van der Waals surface area contributed by atoms with Crippen LogP contribution >= 0.6 is 0 Å². The second-order valence-electron chi connectivity index (χ2n) is 6.60. The number of hydrogen-bond donors (Lipinski definition) is 1. The molecule has 3 aliphatic heterocycles. The Morgan fingerprint density at radius 3 is 3.00 bits per heavy atom. The third-order valence-electron chi connectivity index (χ3n) is 5.66. The van der Waals surface area contributed by atoms with Crippen molar-refractivity contribution in [3.63, 3.8) is 0 Å². The number of fused-ring (bicyclic) bond motifs is 3. The van der Waals surface area contributed by atoms with Crippen LogP contribution in [-0.4, -0.2) is 27.7 Å². The highest BCUT2D eigenvalue weighted by Gasteiger charge is 2.44. The fraction of sp³-hybridized carbons (Fsp3) is 0.529. The van der Waals surface area contributed by atoms with Crippen molar-refractivity contribution in [3.8, 4) is 0 Å². The van der Waals surface area contributed by atoms with E-state index < -0.39 is 0 Å². The van der Waals surface area contributed by atoms with E-state index in [-0.39, 0.29) is 6.23 Å². The fourth-order valence-electron chi connectivity index (χ4n) is 4.93. The predicted octanol–water partition coefficient (Wildman–Crippen LogP) is 2.85. The Kier molecular flexibility index (Phi) is 2.19. The summed E-state index contributed by atoms with van der Waals surface area (Å²) < 4.78 is 2.24. The van der Waals surface area contributed by atoms with E-state index in [0.717, 1.165) is 12.8 Å². The predicted molar refractivity (Wildman–Crippen MR) is 78.6 cm³/mol. The average molecular weight is 268 g/mol. The first-order valence-corrected chi connectivity index (χ1v) is 7.88. The summed E-state index contributed by atoms with van der Waals surface area (Å²) in [5.74, 6) is 0.648. The summed E-state index contributed by atoms with van der Waals surface area (Å²) in [4.78, 5) is 2.66. The third kappa shape index (κ3) is 1.28. The van der Waals surface area contributed by atoms with E-state index in [0.29, 0.717) is 12.0 Å². The smallest absolute Gasteiger partial charge is 0.131 e. The summed E-state index contributed by atoms with van der Waals surface area (Å²) in [6.07, 6.45) is 4.30. The number of piperidine rings is 1. The van der Waals surface area contributed by atoms with Crippen molar-refractivity contribution in [1.29, 1.82) is 0 Å². The second-order valence-corrected chi connectivity index (χ2v) is 6.60. The van der Waals surface area contributed by atoms with Crippen LogP contribution in [0.2, 0.25) is 0 Å². The minimum atomic E-state index is -0.331. The Balaban J connectivity index is 1.85. The van der Waals surface area contributed by atoms with E-state index in [1.54, 1.807) is 0 Å². The van der Waals surface area contributed by atoms with Crippen molar-refractivity contribution in [3.05, 3.63) is 35.5 Å². The summed E-state index contributed by atoms with van der Waals surface area (Å²) >= 11 is 0. The maximum atomic E-state index is 10.7. The zero-order valence-electron chi connectivity index (χ0n) is 11.6. The molecule has 1 unspecified atom stereocenters. The van der Waals surface area contributed by atoms with Gasteiger partial charge in [-0.1, -0.05) is 18.2 Å². The third-order valence-corrected chi connectivity index (χ3v) is 5.66. The molecule has 3 atom stereocenters. The number of aromatic nitrogens is 1. The standard InChI is InChI=1S/C17H20N2O/c20-15-10-11-4-3-8-18-9-7-13-12-5-1-2-6-14(12)19(15)17(13)16(11)18/h1-2,5-6,11,15-16,20H,3-4,7-10H2/t11-,15?,16+/m0/s1. The molecule has 0 aliphatic carbocycles. The van der Waals surface area contributed by atoms with Gasteiger partial charge in [-0.05, 0) is 49.8 Å². The van der Waals surface area contributed by atoms with Crippen LogP contribution in [0.3, 0.4) is 0 Å². The molecule has 1 fully saturated rings. The lowest BCUT2D eigenvalue weighted by molar-refractivity contribution is -0.0148. The Morgan fingerprint density at radius 1 is 1.15 bits per heavy atom. The Hall–Kier alpha value is -1.32. The highest BCUT2D eigenvalue weighted by molar-refractivity contribution is 5.86. The molecule has 1 aromatic heterocycles. The van der Waals surface area contributed by atoms with Gasteiger partial charge in [0.25, 0.3) is 0 Å². The molecule has 0 bridgehead atoms. The van der Waals surface area contributed by atoms with Gasteiger partial charge in [-0.25, -0.2) is 0 Å². The molecule has 3 nitrogen and oxygen atoms in total. The molecule has 104 valence electrons. The molecule has 0 spiro atoms. The molecule has 0 saturated carbocycles. The fourth-order valence-corrected chi connectivity index (χ4v) is 4.93. The van der Waals surface area contributed by atoms with E-state index in [9.17, 15) is 5.11 Å². The number of rotatable bonds is 0. The van der Waals surface area contributed by atoms with Crippen LogP contribution < -0.4 is 0 Å². The number of aliphatic hydroxyl groups is 1. The van der Waals surface area contributed by atoms with Crippen LogP contribution in [0.4, 0.5) is 0 Å². The van der Waals surface area contributed by atoms with Gasteiger partial charge in [-0.15, -0.1) is 0 Å². The van der Waals surface area contributed by atoms with Crippen LogP contribution in [0.15, 0.2) is 24.3 Å². The molecule has 1 aromatic carbocycles. The number of para-hydroxylation sites is 1. The van der Waals surface area contributed by atoms with Crippen LogP contribution in [0.5, 0.6) is 0 Å². The van der Waals surface area contributed by atoms with E-state index in [1.807, 2.05) is 0 Å². The normalized spacial score (nSPS) is 32.4. The lowest BCUT2D eigenvalue weighted by atomic mass is 9.78. The molecular formula is C17H20N2O. The topological polar surface area (TPSA) is 28.4 Å². The SMILES string of the molecule is OC1C[C@@H]2CCCN3CCc4c(n1c1ccccc41)[C@@H]23. The van der Waals surface area contributed by atoms with Gasteiger partial charge in [0.2, 0.25) is 0 Å². The number of benzene rings is 1. The molecule has 4 heterocycles. The Bertz CT molecular complexity index is 690. The van der Waals surface area contributed by atoms with E-state index in [1.165, 1.54) is 48.1 Å². The Labute approximate surface area is 118 Å². The lowest BCUT2D eigenvalue weighted by Crippen LogP contribution is -2.47. The van der Waals surface area contributed by atoms with Gasteiger partial charge in [-0.3, -0.25) is 4.90 Å². The van der Waals surface area contributed by atoms with Crippen molar-refractivity contribution >= 4 is 10.9 Å². The van der Waals surface area contributed by atoms with E-state index >= 15 is 0 Å². The number of hydrogen-bond acceptors (Lipinski definition) is 2. The summed E-state index contributed by atoms with van der Waals surface area (Å²) in [5.41, 5.74) is 4.17. The number of aliphatic hydroxyl groups excluding tert-OH is 1. The zero-order chi connectivity index (χ0) is 13.3. The van der Waals surface area contributed by atoms with Crippen LogP contribution in [0.1, 0.15) is 42.8 Å². The summed E-state index contributed by atoms with van der Waals surface area (Å²) in [7, 11) is 0. The van der Waals surface area contributed by atoms with E-state index in [2.05, 4.69) is 33.7 Å². The molecule has 5 rings (SSSR count). The molecule has 1 saturated heterocycles. The highest BCUT2D eigenvalue weighted by atomic mass is 16.3. The van der Waals surface area contributed by atoms with Crippen molar-refractivity contribution in [2.24, 2.45) is 5.92 Å². The summed E-state index contributed by atoms with van der Waals surface area (Å²) in [6, 6.07) is 9.18. The van der Waals surface area contributed by atoms with Crippen molar-refractivity contribution in [2.45, 2.75) is 38.0 Å². The molecule has 2 aromatic rings. The molecule has 3 heteroatoms. The molecule has 20 heavy (non-hydrogen) atoms. The first-order valence-electron chi connectivity index (χ1n) is 7.88. The van der Waals surface area contributed by atoms with Gasteiger partial charge in [0, 0.05) is 17.6 Å². The van der Waals surface area contributed by atoms with Gasteiger partial charge in [0.1, 0.15) is 6.23 Å². The quantitative estimate of drug-likeness (QED) is 0.796.